The summed E-state index contributed by atoms with van der Waals surface area (Å²) < 4.78 is 1.39. The number of anilines is 1. The van der Waals surface area contributed by atoms with Crippen molar-refractivity contribution in [1.29, 1.82) is 0 Å². The molecule has 0 spiro atoms. The van der Waals surface area contributed by atoms with E-state index in [4.69, 9.17) is 0 Å². The molecule has 6 nitrogen and oxygen atoms in total. The molecule has 0 unspecified atom stereocenters. The van der Waals surface area contributed by atoms with Crippen LogP contribution >= 0.6 is 0 Å². The van der Waals surface area contributed by atoms with Crippen LogP contribution in [0.3, 0.4) is 0 Å². The summed E-state index contributed by atoms with van der Waals surface area (Å²) in [6.45, 7) is 5.68. The van der Waals surface area contributed by atoms with Gasteiger partial charge in [-0.1, -0.05) is 12.1 Å². The zero-order chi connectivity index (χ0) is 19.8. The van der Waals surface area contributed by atoms with E-state index in [0.29, 0.717) is 11.0 Å². The molecule has 6 heteroatoms. The maximum Gasteiger partial charge on any atom is 0.263 e. The maximum atomic E-state index is 13.0. The molecule has 1 amide bonds. The van der Waals surface area contributed by atoms with Crippen LogP contribution in [0.25, 0.3) is 11.0 Å². The van der Waals surface area contributed by atoms with E-state index in [1.54, 1.807) is 6.92 Å². The largest absolute Gasteiger partial charge is 0.324 e. The minimum Gasteiger partial charge on any atom is -0.324 e. The number of benzene rings is 1. The molecule has 0 saturated heterocycles. The Bertz CT molecular complexity index is 1130. The smallest absolute Gasteiger partial charge is 0.263 e. The summed E-state index contributed by atoms with van der Waals surface area (Å²) in [5.74, 6) is -0.247. The van der Waals surface area contributed by atoms with Gasteiger partial charge in [0.15, 0.2) is 5.65 Å². The second-order valence-electron chi connectivity index (χ2n) is 7.54. The van der Waals surface area contributed by atoms with Crippen molar-refractivity contribution in [3.05, 3.63) is 63.3 Å². The van der Waals surface area contributed by atoms with E-state index in [9.17, 15) is 9.59 Å². The van der Waals surface area contributed by atoms with Gasteiger partial charge in [-0.15, -0.1) is 0 Å². The van der Waals surface area contributed by atoms with Crippen LogP contribution in [0.4, 0.5) is 5.69 Å². The summed E-state index contributed by atoms with van der Waals surface area (Å²) >= 11 is 0. The highest BCUT2D eigenvalue weighted by Gasteiger charge is 2.20. The Morgan fingerprint density at radius 3 is 2.82 bits per heavy atom. The maximum absolute atomic E-state index is 13.0. The molecule has 1 aromatic carbocycles. The summed E-state index contributed by atoms with van der Waals surface area (Å²) in [6.07, 6.45) is 5.54. The fourth-order valence-electron chi connectivity index (χ4n) is 3.71. The van der Waals surface area contributed by atoms with Gasteiger partial charge in [0.05, 0.1) is 5.39 Å². The third kappa shape index (κ3) is 3.19. The van der Waals surface area contributed by atoms with E-state index >= 15 is 0 Å². The highest BCUT2D eigenvalue weighted by Crippen LogP contribution is 2.22. The summed E-state index contributed by atoms with van der Waals surface area (Å²) in [5.41, 5.74) is 5.29. The number of carbonyl (C=O) groups is 1. The van der Waals surface area contributed by atoms with Crippen LogP contribution in [0, 0.1) is 13.8 Å². The third-order valence-electron chi connectivity index (χ3n) is 5.71. The Labute approximate surface area is 163 Å². The number of aryl methyl sites for hydroxylation is 3. The molecule has 0 bridgehead atoms. The number of hydrogen-bond acceptors (Lipinski definition) is 4. The van der Waals surface area contributed by atoms with Crippen molar-refractivity contribution in [3.63, 3.8) is 0 Å². The summed E-state index contributed by atoms with van der Waals surface area (Å²) in [7, 11) is 0. The van der Waals surface area contributed by atoms with Gasteiger partial charge < -0.3 is 5.32 Å². The van der Waals surface area contributed by atoms with Gasteiger partial charge >= 0.3 is 0 Å². The number of rotatable bonds is 3. The van der Waals surface area contributed by atoms with E-state index in [0.717, 1.165) is 53.8 Å². The van der Waals surface area contributed by atoms with Gasteiger partial charge in [-0.05, 0) is 75.3 Å². The second-order valence-corrected chi connectivity index (χ2v) is 7.54. The monoisotopic (exact) mass is 376 g/mol. The zero-order valence-corrected chi connectivity index (χ0v) is 16.5. The fourth-order valence-corrected chi connectivity index (χ4v) is 3.71. The van der Waals surface area contributed by atoms with Crippen molar-refractivity contribution < 1.29 is 4.79 Å². The first-order valence-electron chi connectivity index (χ1n) is 9.72. The van der Waals surface area contributed by atoms with Crippen LogP contribution in [0.5, 0.6) is 0 Å². The molecule has 1 aliphatic rings. The number of pyridine rings is 1. The molecule has 0 saturated carbocycles. The van der Waals surface area contributed by atoms with E-state index in [1.807, 2.05) is 38.1 Å². The highest BCUT2D eigenvalue weighted by atomic mass is 16.2. The van der Waals surface area contributed by atoms with Crippen LogP contribution in [0.1, 0.15) is 48.2 Å². The number of fused-ring (bicyclic) bond motifs is 2. The molecule has 0 fully saturated rings. The van der Waals surface area contributed by atoms with E-state index < -0.39 is 6.04 Å². The fraction of sp³-hybridized carbons (Fsp3) is 0.364. The Hall–Kier alpha value is -3.02. The number of nitrogens with zero attached hydrogens (tertiary/aromatic N) is 3. The summed E-state index contributed by atoms with van der Waals surface area (Å²) in [4.78, 5) is 34.8. The van der Waals surface area contributed by atoms with Crippen molar-refractivity contribution >= 4 is 22.6 Å². The lowest BCUT2D eigenvalue weighted by Crippen LogP contribution is -2.32. The SMILES string of the molecule is Cc1cccc(NC(=O)[C@@H](C)n2cnc3nc4c(cc3c2=O)CCCC4)c1C. The minimum atomic E-state index is -0.680. The van der Waals surface area contributed by atoms with Gasteiger partial charge in [-0.2, -0.15) is 0 Å². The molecule has 1 N–H and O–H groups in total. The van der Waals surface area contributed by atoms with Crippen molar-refractivity contribution in [3.8, 4) is 0 Å². The van der Waals surface area contributed by atoms with Crippen LogP contribution < -0.4 is 10.9 Å². The standard InChI is InChI=1S/C22H24N4O2/c1-13-7-6-10-18(14(13)2)25-21(27)15(3)26-12-23-20-17(22(26)28)11-16-8-4-5-9-19(16)24-20/h6-7,10-12,15H,4-5,8-9H2,1-3H3,(H,25,27)/t15-/m1/s1. The quantitative estimate of drug-likeness (QED) is 0.759. The first-order valence-corrected chi connectivity index (χ1v) is 9.72. The molecule has 1 aliphatic carbocycles. The van der Waals surface area contributed by atoms with Crippen LogP contribution in [0.2, 0.25) is 0 Å². The van der Waals surface area contributed by atoms with Gasteiger partial charge in [0.25, 0.3) is 5.56 Å². The molecule has 1 atom stereocenters. The number of carbonyl (C=O) groups excluding carboxylic acids is 1. The van der Waals surface area contributed by atoms with Crippen molar-refractivity contribution in [2.24, 2.45) is 0 Å². The second kappa shape index (κ2) is 7.19. The van der Waals surface area contributed by atoms with Gasteiger partial charge in [-0.25, -0.2) is 9.97 Å². The Balaban J connectivity index is 1.68. The van der Waals surface area contributed by atoms with Crippen molar-refractivity contribution in [2.75, 3.05) is 5.32 Å². The highest BCUT2D eigenvalue weighted by molar-refractivity contribution is 5.94. The van der Waals surface area contributed by atoms with E-state index in [2.05, 4.69) is 15.3 Å². The molecule has 144 valence electrons. The number of aromatic nitrogens is 3. The van der Waals surface area contributed by atoms with Crippen LogP contribution in [0.15, 0.2) is 35.4 Å². The predicted octanol–water partition coefficient (Wildman–Crippen LogP) is 3.49. The average Bonchev–Trinajstić information content (AvgIpc) is 2.70. The Morgan fingerprint density at radius 2 is 2.00 bits per heavy atom. The number of nitrogens with one attached hydrogen (secondary N) is 1. The topological polar surface area (TPSA) is 76.9 Å². The molecular formula is C22H24N4O2. The zero-order valence-electron chi connectivity index (χ0n) is 16.5. The van der Waals surface area contributed by atoms with Crippen molar-refractivity contribution in [1.82, 2.24) is 14.5 Å². The lowest BCUT2D eigenvalue weighted by Gasteiger charge is -2.18. The Kier molecular flexibility index (Phi) is 4.71. The van der Waals surface area contributed by atoms with Gasteiger partial charge in [0.1, 0.15) is 12.4 Å². The molecule has 2 aromatic heterocycles. The molecule has 0 radical (unpaired) electrons. The average molecular weight is 376 g/mol. The predicted molar refractivity (Wildman–Crippen MR) is 110 cm³/mol. The summed E-state index contributed by atoms with van der Waals surface area (Å²) in [5, 5.41) is 3.41. The Morgan fingerprint density at radius 1 is 1.21 bits per heavy atom. The molecular weight excluding hydrogens is 352 g/mol. The van der Waals surface area contributed by atoms with Gasteiger partial charge in [0, 0.05) is 11.4 Å². The van der Waals surface area contributed by atoms with E-state index in [-0.39, 0.29) is 11.5 Å². The molecule has 28 heavy (non-hydrogen) atoms. The normalized spacial score (nSPS) is 14.5. The molecule has 0 aliphatic heterocycles. The number of amides is 1. The van der Waals surface area contributed by atoms with Crippen LogP contribution in [-0.4, -0.2) is 20.4 Å². The first-order chi connectivity index (χ1) is 13.5. The molecule has 4 rings (SSSR count). The van der Waals surface area contributed by atoms with Crippen molar-refractivity contribution in [2.45, 2.75) is 52.5 Å². The molecule has 3 aromatic rings. The third-order valence-corrected chi connectivity index (χ3v) is 5.71. The van der Waals surface area contributed by atoms with E-state index in [1.165, 1.54) is 10.9 Å². The molecule has 2 heterocycles. The number of hydrogen-bond donors (Lipinski definition) is 1. The lowest BCUT2D eigenvalue weighted by atomic mass is 9.95. The summed E-state index contributed by atoms with van der Waals surface area (Å²) in [6, 6.07) is 7.00. The van der Waals surface area contributed by atoms with Crippen LogP contribution in [-0.2, 0) is 17.6 Å². The minimum absolute atomic E-state index is 0.227. The van der Waals surface area contributed by atoms with Gasteiger partial charge in [0.2, 0.25) is 5.91 Å². The first kappa shape index (κ1) is 18.3. The lowest BCUT2D eigenvalue weighted by molar-refractivity contribution is -0.118. The van der Waals surface area contributed by atoms with Gasteiger partial charge in [-0.3, -0.25) is 14.2 Å².